The smallest absolute Gasteiger partial charge is 0.0546 e. The van der Waals surface area contributed by atoms with E-state index >= 15 is 0 Å². The molecule has 11 aromatic rings. The van der Waals surface area contributed by atoms with Gasteiger partial charge in [0.05, 0.1) is 5.69 Å². The van der Waals surface area contributed by atoms with Gasteiger partial charge in [-0.25, -0.2) is 0 Å². The summed E-state index contributed by atoms with van der Waals surface area (Å²) >= 11 is 0. The van der Waals surface area contributed by atoms with Gasteiger partial charge in [0, 0.05) is 16.9 Å². The van der Waals surface area contributed by atoms with Crippen LogP contribution in [0.15, 0.2) is 249 Å². The molecular weight excluding hydrogens is 735 g/mol. The molecule has 0 spiro atoms. The van der Waals surface area contributed by atoms with Crippen LogP contribution in [-0.4, -0.2) is 0 Å². The number of rotatable bonds is 8. The Morgan fingerprint density at radius 2 is 0.705 bits per heavy atom. The maximum absolute atomic E-state index is 2.45. The number of anilines is 3. The summed E-state index contributed by atoms with van der Waals surface area (Å²) in [4.78, 5) is 2.45. The first-order valence-electron chi connectivity index (χ1n) is 21.0. The highest BCUT2D eigenvalue weighted by Crippen LogP contribution is 2.50. The Balaban J connectivity index is 1.20. The van der Waals surface area contributed by atoms with Gasteiger partial charge in [-0.2, -0.15) is 0 Å². The molecule has 1 heteroatoms. The molecule has 0 saturated carbocycles. The summed E-state index contributed by atoms with van der Waals surface area (Å²) in [7, 11) is 0. The van der Waals surface area contributed by atoms with Crippen LogP contribution in [0.5, 0.6) is 0 Å². The van der Waals surface area contributed by atoms with Crippen molar-refractivity contribution in [1.82, 2.24) is 0 Å². The minimum atomic E-state index is 1.08. The third-order valence-corrected chi connectivity index (χ3v) is 12.1. The second-order valence-corrected chi connectivity index (χ2v) is 15.7. The summed E-state index contributed by atoms with van der Waals surface area (Å²) < 4.78 is 0. The van der Waals surface area contributed by atoms with E-state index < -0.39 is 0 Å². The van der Waals surface area contributed by atoms with Crippen molar-refractivity contribution >= 4 is 49.4 Å². The minimum absolute atomic E-state index is 1.08. The Bertz CT molecular complexity index is 3250. The standard InChI is InChI=1S/C60H41N/c1-3-16-42(17-4-1)45-32-36-50(37-33-45)61(51-38-34-46(35-39-51)43-18-5-2-6-19-43)59-29-15-28-57(55-26-12-11-24-53(55)49-31-30-44-20-7-8-21-47(44)40-49)60(59)58-41-48-22-9-10-23-52(48)54-25-13-14-27-56(54)58/h1-41H. The van der Waals surface area contributed by atoms with Gasteiger partial charge < -0.3 is 4.90 Å². The quantitative estimate of drug-likeness (QED) is 0.139. The molecule has 0 aliphatic carbocycles. The van der Waals surface area contributed by atoms with Crippen molar-refractivity contribution in [1.29, 1.82) is 0 Å². The summed E-state index contributed by atoms with van der Waals surface area (Å²) in [5, 5.41) is 7.39. The van der Waals surface area contributed by atoms with E-state index in [1.165, 1.54) is 88.0 Å². The van der Waals surface area contributed by atoms with Gasteiger partial charge in [-0.05, 0) is 125 Å². The molecule has 0 aliphatic rings. The van der Waals surface area contributed by atoms with E-state index in [9.17, 15) is 0 Å². The fraction of sp³-hybridized carbons (Fsp3) is 0. The SMILES string of the molecule is c1ccc(-c2ccc(N(c3ccc(-c4ccccc4)cc3)c3cccc(-c4ccccc4-c4ccc5ccccc5c4)c3-c3cc4ccccc4c4ccccc34)cc2)cc1. The Morgan fingerprint density at radius 3 is 1.36 bits per heavy atom. The van der Waals surface area contributed by atoms with Gasteiger partial charge in [-0.15, -0.1) is 0 Å². The van der Waals surface area contributed by atoms with Crippen molar-refractivity contribution in [2.75, 3.05) is 4.90 Å². The fourth-order valence-corrected chi connectivity index (χ4v) is 9.12. The third-order valence-electron chi connectivity index (χ3n) is 12.1. The average Bonchev–Trinajstić information content (AvgIpc) is 3.34. The zero-order valence-electron chi connectivity index (χ0n) is 33.6. The summed E-state index contributed by atoms with van der Waals surface area (Å²) in [6.45, 7) is 0. The van der Waals surface area contributed by atoms with Crippen LogP contribution in [0.2, 0.25) is 0 Å². The molecule has 0 radical (unpaired) electrons. The lowest BCUT2D eigenvalue weighted by Gasteiger charge is -2.30. The van der Waals surface area contributed by atoms with Crippen molar-refractivity contribution in [3.8, 4) is 55.6 Å². The number of hydrogen-bond acceptors (Lipinski definition) is 1. The zero-order chi connectivity index (χ0) is 40.5. The third kappa shape index (κ3) is 6.73. The predicted octanol–water partition coefficient (Wildman–Crippen LogP) is 17.0. The topological polar surface area (TPSA) is 3.24 Å². The summed E-state index contributed by atoms with van der Waals surface area (Å²) in [5.41, 5.74) is 15.2. The molecular formula is C60H41N. The van der Waals surface area contributed by atoms with Crippen LogP contribution >= 0.6 is 0 Å². The van der Waals surface area contributed by atoms with Crippen LogP contribution < -0.4 is 4.90 Å². The van der Waals surface area contributed by atoms with Crippen LogP contribution in [0.1, 0.15) is 0 Å². The normalized spacial score (nSPS) is 11.3. The molecule has 61 heavy (non-hydrogen) atoms. The molecule has 0 N–H and O–H groups in total. The molecule has 0 atom stereocenters. The van der Waals surface area contributed by atoms with Crippen LogP contribution in [0.25, 0.3) is 88.0 Å². The Morgan fingerprint density at radius 1 is 0.230 bits per heavy atom. The van der Waals surface area contributed by atoms with Gasteiger partial charge in [0.1, 0.15) is 0 Å². The second kappa shape index (κ2) is 15.6. The lowest BCUT2D eigenvalue weighted by Crippen LogP contribution is -2.12. The highest BCUT2D eigenvalue weighted by molar-refractivity contribution is 6.17. The average molecular weight is 776 g/mol. The van der Waals surface area contributed by atoms with Crippen molar-refractivity contribution in [3.63, 3.8) is 0 Å². The molecule has 0 amide bonds. The molecule has 11 rings (SSSR count). The molecule has 1 nitrogen and oxygen atoms in total. The van der Waals surface area contributed by atoms with E-state index in [1.54, 1.807) is 0 Å². The number of fused-ring (bicyclic) bond motifs is 4. The molecule has 0 aromatic heterocycles. The maximum Gasteiger partial charge on any atom is 0.0546 e. The van der Waals surface area contributed by atoms with E-state index in [-0.39, 0.29) is 0 Å². The molecule has 0 unspecified atom stereocenters. The van der Waals surface area contributed by atoms with Gasteiger partial charge in [0.15, 0.2) is 0 Å². The summed E-state index contributed by atoms with van der Waals surface area (Å²) in [6, 6.07) is 90.7. The minimum Gasteiger partial charge on any atom is -0.310 e. The molecule has 0 bridgehead atoms. The number of hydrogen-bond donors (Lipinski definition) is 0. The van der Waals surface area contributed by atoms with Gasteiger partial charge >= 0.3 is 0 Å². The Hall–Kier alpha value is -8.00. The summed E-state index contributed by atoms with van der Waals surface area (Å²) in [5.74, 6) is 0. The molecule has 0 heterocycles. The Labute approximate surface area is 357 Å². The first kappa shape index (κ1) is 36.1. The highest BCUT2D eigenvalue weighted by atomic mass is 15.1. The van der Waals surface area contributed by atoms with Crippen LogP contribution in [0, 0.1) is 0 Å². The van der Waals surface area contributed by atoms with Crippen molar-refractivity contribution in [2.24, 2.45) is 0 Å². The lowest BCUT2D eigenvalue weighted by molar-refractivity contribution is 1.28. The first-order valence-corrected chi connectivity index (χ1v) is 21.0. The van der Waals surface area contributed by atoms with Crippen LogP contribution in [-0.2, 0) is 0 Å². The first-order chi connectivity index (χ1) is 30.3. The van der Waals surface area contributed by atoms with Crippen molar-refractivity contribution in [3.05, 3.63) is 249 Å². The summed E-state index contributed by atoms with van der Waals surface area (Å²) in [6.07, 6.45) is 0. The Kier molecular flexibility index (Phi) is 9.26. The van der Waals surface area contributed by atoms with E-state index in [0.717, 1.165) is 17.1 Å². The maximum atomic E-state index is 2.45. The van der Waals surface area contributed by atoms with Crippen LogP contribution in [0.4, 0.5) is 17.1 Å². The van der Waals surface area contributed by atoms with E-state index in [2.05, 4.69) is 254 Å². The number of nitrogens with zero attached hydrogens (tertiary/aromatic N) is 1. The van der Waals surface area contributed by atoms with Crippen molar-refractivity contribution in [2.45, 2.75) is 0 Å². The zero-order valence-corrected chi connectivity index (χ0v) is 33.6. The molecule has 286 valence electrons. The monoisotopic (exact) mass is 775 g/mol. The molecule has 0 aliphatic heterocycles. The van der Waals surface area contributed by atoms with Gasteiger partial charge in [0.25, 0.3) is 0 Å². The van der Waals surface area contributed by atoms with E-state index in [4.69, 9.17) is 0 Å². The van der Waals surface area contributed by atoms with Crippen LogP contribution in [0.3, 0.4) is 0 Å². The molecule has 0 fully saturated rings. The van der Waals surface area contributed by atoms with Gasteiger partial charge in [0.2, 0.25) is 0 Å². The van der Waals surface area contributed by atoms with Gasteiger partial charge in [-0.3, -0.25) is 0 Å². The largest absolute Gasteiger partial charge is 0.310 e. The van der Waals surface area contributed by atoms with Crippen molar-refractivity contribution < 1.29 is 0 Å². The fourth-order valence-electron chi connectivity index (χ4n) is 9.12. The molecule has 0 saturated heterocycles. The van der Waals surface area contributed by atoms with E-state index in [1.807, 2.05) is 0 Å². The van der Waals surface area contributed by atoms with E-state index in [0.29, 0.717) is 0 Å². The second-order valence-electron chi connectivity index (χ2n) is 15.7. The lowest BCUT2D eigenvalue weighted by atomic mass is 9.85. The highest BCUT2D eigenvalue weighted by Gasteiger charge is 2.24. The predicted molar refractivity (Wildman–Crippen MR) is 261 cm³/mol. The van der Waals surface area contributed by atoms with Gasteiger partial charge in [-0.1, -0.05) is 206 Å². The molecule has 11 aromatic carbocycles. The number of benzene rings is 11.